The normalized spacial score (nSPS) is 8.38. The molecular formula is C2H4N6. The quantitative estimate of drug-likeness (QED) is 0.151. The summed E-state index contributed by atoms with van der Waals surface area (Å²) in [6.45, 7) is 0. The minimum absolute atomic E-state index is 0.219. The molecule has 0 unspecified atom stereocenters. The smallest absolute Gasteiger partial charge is 0.227 e. The molecule has 4 N–H and O–H groups in total. The van der Waals surface area contributed by atoms with Crippen LogP contribution in [0.15, 0.2) is 15.4 Å². The molecular weight excluding hydrogens is 108 g/mol. The second kappa shape index (κ2) is 3.55. The number of hydrogen-bond acceptors (Lipinski definition) is 3. The highest BCUT2D eigenvalue weighted by molar-refractivity contribution is 5.75. The molecule has 0 atom stereocenters. The van der Waals surface area contributed by atoms with Crippen LogP contribution in [0, 0.1) is 11.5 Å². The molecule has 0 heterocycles. The van der Waals surface area contributed by atoms with E-state index in [1.807, 2.05) is 0 Å². The van der Waals surface area contributed by atoms with Crippen molar-refractivity contribution in [2.24, 2.45) is 26.9 Å². The molecule has 0 aromatic heterocycles. The first-order valence-electron chi connectivity index (χ1n) is 1.65. The summed E-state index contributed by atoms with van der Waals surface area (Å²) in [5, 5.41) is 16.4. The van der Waals surface area contributed by atoms with Gasteiger partial charge in [0, 0.05) is 0 Å². The number of hydrogen-bond donors (Lipinski definition) is 2. The average molecular weight is 112 g/mol. The fourth-order valence-electron chi connectivity index (χ4n) is 0.0940. The third-order valence-corrected chi connectivity index (χ3v) is 0.250. The van der Waals surface area contributed by atoms with E-state index in [0.717, 1.165) is 0 Å². The fraction of sp³-hybridized carbons (Fsp3) is 0. The summed E-state index contributed by atoms with van der Waals surface area (Å²) in [5.41, 5.74) is 9.60. The first-order chi connectivity index (χ1) is 3.77. The van der Waals surface area contributed by atoms with Gasteiger partial charge in [-0.3, -0.25) is 0 Å². The zero-order valence-electron chi connectivity index (χ0n) is 3.94. The third kappa shape index (κ3) is 4.36. The maximum Gasteiger partial charge on any atom is 0.227 e. The van der Waals surface area contributed by atoms with Crippen molar-refractivity contribution >= 4 is 5.96 Å². The van der Waals surface area contributed by atoms with Crippen LogP contribution < -0.4 is 11.5 Å². The Labute approximate surface area is 45.5 Å². The van der Waals surface area contributed by atoms with Gasteiger partial charge in [0.25, 0.3) is 0 Å². The Morgan fingerprint density at radius 3 is 2.50 bits per heavy atom. The van der Waals surface area contributed by atoms with E-state index in [4.69, 9.17) is 16.7 Å². The summed E-state index contributed by atoms with van der Waals surface area (Å²) in [6, 6.07) is 0. The predicted octanol–water partition coefficient (Wildman–Crippen LogP) is -0.892. The lowest BCUT2D eigenvalue weighted by Gasteiger charge is -1.77. The van der Waals surface area contributed by atoms with E-state index in [9.17, 15) is 0 Å². The van der Waals surface area contributed by atoms with Gasteiger partial charge < -0.3 is 11.5 Å². The van der Waals surface area contributed by atoms with Crippen molar-refractivity contribution in [2.45, 2.75) is 0 Å². The molecule has 0 bridgehead atoms. The first-order valence-corrected chi connectivity index (χ1v) is 1.65. The molecule has 0 rings (SSSR count). The monoisotopic (exact) mass is 112 g/mol. The van der Waals surface area contributed by atoms with Crippen molar-refractivity contribution in [2.75, 3.05) is 0 Å². The standard InChI is InChI=1S/C2H4N6/c3-1-6-8-7-2(4)5/h(H4,4,5,6,7). The molecule has 0 aliphatic rings. The predicted molar refractivity (Wildman–Crippen MR) is 26.3 cm³/mol. The molecule has 0 aliphatic carbocycles. The van der Waals surface area contributed by atoms with E-state index >= 15 is 0 Å². The van der Waals surface area contributed by atoms with Gasteiger partial charge in [0.05, 0.1) is 0 Å². The van der Waals surface area contributed by atoms with Crippen molar-refractivity contribution in [1.82, 2.24) is 0 Å². The van der Waals surface area contributed by atoms with Crippen LogP contribution in [-0.4, -0.2) is 5.96 Å². The van der Waals surface area contributed by atoms with Gasteiger partial charge in [-0.15, -0.1) is 0 Å². The molecule has 6 nitrogen and oxygen atoms in total. The minimum Gasteiger partial charge on any atom is -0.368 e. The summed E-state index contributed by atoms with van der Waals surface area (Å²) in [4.78, 5) is 0. The minimum atomic E-state index is -0.219. The van der Waals surface area contributed by atoms with E-state index in [1.165, 1.54) is 6.19 Å². The lowest BCUT2D eigenvalue weighted by atomic mass is 11.1. The third-order valence-electron chi connectivity index (χ3n) is 0.250. The SMILES string of the molecule is N#CN=NN=C(N)N. The zero-order valence-corrected chi connectivity index (χ0v) is 3.94. The van der Waals surface area contributed by atoms with Gasteiger partial charge in [0.2, 0.25) is 12.2 Å². The maximum atomic E-state index is 7.72. The highest BCUT2D eigenvalue weighted by Crippen LogP contribution is 1.69. The highest BCUT2D eigenvalue weighted by atomic mass is 15.4. The number of guanidine groups is 1. The van der Waals surface area contributed by atoms with Crippen LogP contribution in [0.2, 0.25) is 0 Å². The second-order valence-electron chi connectivity index (χ2n) is 0.814. The molecule has 0 aromatic carbocycles. The van der Waals surface area contributed by atoms with E-state index in [-0.39, 0.29) is 5.96 Å². The molecule has 0 spiro atoms. The number of nitrogens with two attached hydrogens (primary N) is 2. The summed E-state index contributed by atoms with van der Waals surface area (Å²) in [5.74, 6) is -0.219. The van der Waals surface area contributed by atoms with Gasteiger partial charge in [-0.25, -0.2) is 0 Å². The molecule has 0 aromatic rings. The van der Waals surface area contributed by atoms with Crippen LogP contribution in [-0.2, 0) is 0 Å². The van der Waals surface area contributed by atoms with Crippen molar-refractivity contribution in [3.63, 3.8) is 0 Å². The van der Waals surface area contributed by atoms with Crippen LogP contribution in [0.3, 0.4) is 0 Å². The molecule has 0 amide bonds. The van der Waals surface area contributed by atoms with Crippen LogP contribution >= 0.6 is 0 Å². The van der Waals surface area contributed by atoms with E-state index in [1.54, 1.807) is 0 Å². The first kappa shape index (κ1) is 6.36. The van der Waals surface area contributed by atoms with E-state index in [0.29, 0.717) is 0 Å². The Morgan fingerprint density at radius 1 is 1.50 bits per heavy atom. The van der Waals surface area contributed by atoms with Gasteiger partial charge in [0.15, 0.2) is 0 Å². The molecule has 42 valence electrons. The molecule has 8 heavy (non-hydrogen) atoms. The van der Waals surface area contributed by atoms with Crippen molar-refractivity contribution < 1.29 is 0 Å². The number of nitrogens with zero attached hydrogens (tertiary/aromatic N) is 4. The van der Waals surface area contributed by atoms with E-state index < -0.39 is 0 Å². The summed E-state index contributed by atoms with van der Waals surface area (Å²) in [7, 11) is 0. The Balaban J connectivity index is 3.63. The van der Waals surface area contributed by atoms with Crippen molar-refractivity contribution in [3.8, 4) is 6.19 Å². The largest absolute Gasteiger partial charge is 0.368 e. The van der Waals surface area contributed by atoms with Gasteiger partial charge in [-0.05, 0) is 10.3 Å². The van der Waals surface area contributed by atoms with Gasteiger partial charge >= 0.3 is 0 Å². The lowest BCUT2D eigenvalue weighted by molar-refractivity contribution is 1.05. The summed E-state index contributed by atoms with van der Waals surface area (Å²) < 4.78 is 0. The van der Waals surface area contributed by atoms with Gasteiger partial charge in [0.1, 0.15) is 0 Å². The number of nitriles is 1. The molecule has 0 fully saturated rings. The topological polar surface area (TPSA) is 113 Å². The Morgan fingerprint density at radius 2 is 2.12 bits per heavy atom. The van der Waals surface area contributed by atoms with Crippen LogP contribution in [0.25, 0.3) is 0 Å². The zero-order chi connectivity index (χ0) is 6.41. The summed E-state index contributed by atoms with van der Waals surface area (Å²) >= 11 is 0. The highest BCUT2D eigenvalue weighted by Gasteiger charge is 1.70. The van der Waals surface area contributed by atoms with Crippen LogP contribution in [0.4, 0.5) is 0 Å². The Kier molecular flexibility index (Phi) is 2.82. The molecule has 6 heteroatoms. The number of rotatable bonds is 1. The van der Waals surface area contributed by atoms with Gasteiger partial charge in [-0.1, -0.05) is 5.10 Å². The van der Waals surface area contributed by atoms with Crippen molar-refractivity contribution in [3.05, 3.63) is 0 Å². The Bertz CT molecular complexity index is 144. The van der Waals surface area contributed by atoms with Gasteiger partial charge in [-0.2, -0.15) is 5.26 Å². The van der Waals surface area contributed by atoms with Crippen LogP contribution in [0.1, 0.15) is 0 Å². The average Bonchev–Trinajstić information content (AvgIpc) is 1.66. The van der Waals surface area contributed by atoms with Crippen molar-refractivity contribution in [1.29, 1.82) is 5.26 Å². The summed E-state index contributed by atoms with van der Waals surface area (Å²) in [6.07, 6.45) is 1.36. The molecule has 0 aliphatic heterocycles. The maximum absolute atomic E-state index is 7.72. The lowest BCUT2D eigenvalue weighted by Crippen LogP contribution is -2.21. The fourth-order valence-corrected chi connectivity index (χ4v) is 0.0940. The second-order valence-corrected chi connectivity index (χ2v) is 0.814. The molecule has 0 radical (unpaired) electrons. The van der Waals surface area contributed by atoms with E-state index in [2.05, 4.69) is 15.4 Å². The Hall–Kier alpha value is -1.64. The molecule has 0 saturated carbocycles. The van der Waals surface area contributed by atoms with Crippen LogP contribution in [0.5, 0.6) is 0 Å². The molecule has 0 saturated heterocycles.